The van der Waals surface area contributed by atoms with E-state index in [0.29, 0.717) is 22.7 Å². The maximum absolute atomic E-state index is 13.1. The lowest BCUT2D eigenvalue weighted by atomic mass is 9.75. The molecule has 0 fully saturated rings. The number of nitro benzene ring substituents is 1. The highest BCUT2D eigenvalue weighted by atomic mass is 32.2. The normalized spacial score (nSPS) is 17.6. The maximum atomic E-state index is 13.1. The van der Waals surface area contributed by atoms with Crippen molar-refractivity contribution in [3.8, 4) is 0 Å². The Balaban J connectivity index is 2.58. The molecule has 1 aromatic rings. The van der Waals surface area contributed by atoms with Gasteiger partial charge < -0.3 is 14.2 Å². The molecule has 0 saturated carbocycles. The third kappa shape index (κ3) is 6.89. The number of carbonyl (C=O) groups is 3. The predicted molar refractivity (Wildman–Crippen MR) is 127 cm³/mol. The van der Waals surface area contributed by atoms with Crippen LogP contribution in [0, 0.1) is 16.0 Å². The average molecular weight is 493 g/mol. The van der Waals surface area contributed by atoms with Gasteiger partial charge in [-0.1, -0.05) is 12.1 Å². The maximum Gasteiger partial charge on any atom is 0.336 e. The second-order valence-corrected chi connectivity index (χ2v) is 8.39. The molecule has 0 N–H and O–H groups in total. The molecule has 1 aliphatic heterocycles. The molecule has 10 nitrogen and oxygen atoms in total. The zero-order valence-electron chi connectivity index (χ0n) is 19.6. The van der Waals surface area contributed by atoms with E-state index in [4.69, 9.17) is 14.2 Å². The molecule has 34 heavy (non-hydrogen) atoms. The van der Waals surface area contributed by atoms with Gasteiger partial charge in [0, 0.05) is 42.2 Å². The highest BCUT2D eigenvalue weighted by Gasteiger charge is 2.43. The number of aliphatic imine (C=N–C) groups is 1. The van der Waals surface area contributed by atoms with Crippen LogP contribution in [0.1, 0.15) is 39.2 Å². The number of nitrogens with zero attached hydrogens (tertiary/aromatic N) is 2. The molecule has 2 atom stereocenters. The molecule has 0 bridgehead atoms. The zero-order valence-corrected chi connectivity index (χ0v) is 20.4. The predicted octanol–water partition coefficient (Wildman–Crippen LogP) is 3.45. The van der Waals surface area contributed by atoms with Gasteiger partial charge in [0.25, 0.3) is 5.69 Å². The minimum absolute atomic E-state index is 0.101. The molecule has 184 valence electrons. The number of carbonyl (C=O) groups excluding carboxylic acids is 3. The van der Waals surface area contributed by atoms with Crippen LogP contribution in [0.25, 0.3) is 0 Å². The molecule has 1 aromatic carbocycles. The van der Waals surface area contributed by atoms with E-state index >= 15 is 0 Å². The van der Waals surface area contributed by atoms with Crippen molar-refractivity contribution in [3.63, 3.8) is 0 Å². The number of rotatable bonds is 11. The van der Waals surface area contributed by atoms with E-state index in [1.54, 1.807) is 26.8 Å². The van der Waals surface area contributed by atoms with E-state index in [9.17, 15) is 24.5 Å². The van der Waals surface area contributed by atoms with Crippen LogP contribution < -0.4 is 0 Å². The monoisotopic (exact) mass is 492 g/mol. The van der Waals surface area contributed by atoms with Gasteiger partial charge in [0.1, 0.15) is 12.5 Å². The number of hydrogen-bond donors (Lipinski definition) is 0. The molecule has 11 heteroatoms. The Kier molecular flexibility index (Phi) is 10.2. The summed E-state index contributed by atoms with van der Waals surface area (Å²) in [4.78, 5) is 52.4. The molecule has 0 aliphatic carbocycles. The molecule has 0 radical (unpaired) electrons. The van der Waals surface area contributed by atoms with E-state index in [2.05, 4.69) is 4.99 Å². The largest absolute Gasteiger partial charge is 0.465 e. The van der Waals surface area contributed by atoms with Gasteiger partial charge in [0.05, 0.1) is 29.4 Å². The standard InChI is InChI=1S/C23H28N2O8S/c1-5-31-22(27)19-14(3)24-18(13-34-11-10-33-15(4)26)21(23(28)32-6-2)20(19)16-8-7-9-17(12-16)25(29)30/h7-9,12,19-20H,5-6,10-11,13H2,1-4H3. The summed E-state index contributed by atoms with van der Waals surface area (Å²) in [6, 6.07) is 5.83. The molecule has 0 spiro atoms. The minimum atomic E-state index is -0.948. The van der Waals surface area contributed by atoms with Crippen molar-refractivity contribution < 1.29 is 33.5 Å². The topological polar surface area (TPSA) is 134 Å². The number of hydrogen-bond acceptors (Lipinski definition) is 10. The highest BCUT2D eigenvalue weighted by Crippen LogP contribution is 2.41. The van der Waals surface area contributed by atoms with Crippen molar-refractivity contribution in [3.05, 3.63) is 51.2 Å². The van der Waals surface area contributed by atoms with Crippen molar-refractivity contribution in [2.75, 3.05) is 31.3 Å². The lowest BCUT2D eigenvalue weighted by molar-refractivity contribution is -0.384. The first-order valence-corrected chi connectivity index (χ1v) is 11.9. The second-order valence-electron chi connectivity index (χ2n) is 7.29. The van der Waals surface area contributed by atoms with Crippen molar-refractivity contribution >= 4 is 41.1 Å². The Morgan fingerprint density at radius 3 is 2.47 bits per heavy atom. The number of nitro groups is 1. The fourth-order valence-corrected chi connectivity index (χ4v) is 4.40. The molecule has 0 aromatic heterocycles. The van der Waals surface area contributed by atoms with Crippen molar-refractivity contribution in [2.24, 2.45) is 10.9 Å². The summed E-state index contributed by atoms with van der Waals surface area (Å²) in [7, 11) is 0. The second kappa shape index (κ2) is 12.9. The van der Waals surface area contributed by atoms with Crippen LogP contribution in [-0.4, -0.2) is 59.9 Å². The van der Waals surface area contributed by atoms with Gasteiger partial charge in [-0.15, -0.1) is 0 Å². The van der Waals surface area contributed by atoms with Crippen LogP contribution in [0.4, 0.5) is 5.69 Å². The van der Waals surface area contributed by atoms with Crippen LogP contribution in [0.5, 0.6) is 0 Å². The quantitative estimate of drug-likeness (QED) is 0.150. The van der Waals surface area contributed by atoms with Gasteiger partial charge in [-0.3, -0.25) is 24.7 Å². The summed E-state index contributed by atoms with van der Waals surface area (Å²) in [5.41, 5.74) is 1.23. The van der Waals surface area contributed by atoms with Gasteiger partial charge in [-0.2, -0.15) is 11.8 Å². The van der Waals surface area contributed by atoms with Crippen LogP contribution in [0.15, 0.2) is 40.5 Å². The van der Waals surface area contributed by atoms with Gasteiger partial charge >= 0.3 is 17.9 Å². The lowest BCUT2D eigenvalue weighted by Crippen LogP contribution is -2.37. The van der Waals surface area contributed by atoms with Crippen LogP contribution in [-0.2, 0) is 28.6 Å². The summed E-state index contributed by atoms with van der Waals surface area (Å²) >= 11 is 1.39. The number of thioether (sulfide) groups is 1. The molecule has 1 aliphatic rings. The fraction of sp³-hybridized carbons (Fsp3) is 0.478. The summed E-state index contributed by atoms with van der Waals surface area (Å²) in [5, 5.41) is 11.4. The number of benzene rings is 1. The summed E-state index contributed by atoms with van der Waals surface area (Å²) in [6.07, 6.45) is 0. The van der Waals surface area contributed by atoms with E-state index in [1.165, 1.54) is 36.9 Å². The van der Waals surface area contributed by atoms with E-state index < -0.39 is 28.7 Å². The van der Waals surface area contributed by atoms with Gasteiger partial charge in [-0.05, 0) is 26.3 Å². The smallest absolute Gasteiger partial charge is 0.336 e. The Labute approximate surface area is 201 Å². The molecule has 2 rings (SSSR count). The Morgan fingerprint density at radius 1 is 1.15 bits per heavy atom. The molecule has 1 heterocycles. The summed E-state index contributed by atoms with van der Waals surface area (Å²) in [5.74, 6) is -2.69. The Hall–Kier alpha value is -3.21. The first kappa shape index (κ1) is 27.0. The number of esters is 3. The zero-order chi connectivity index (χ0) is 25.3. The summed E-state index contributed by atoms with van der Waals surface area (Å²) < 4.78 is 15.5. The fourth-order valence-electron chi connectivity index (χ4n) is 3.64. The first-order valence-electron chi connectivity index (χ1n) is 10.8. The highest BCUT2D eigenvalue weighted by molar-refractivity contribution is 7.99. The van der Waals surface area contributed by atoms with E-state index in [1.807, 2.05) is 0 Å². The van der Waals surface area contributed by atoms with Crippen molar-refractivity contribution in [1.29, 1.82) is 0 Å². The van der Waals surface area contributed by atoms with Gasteiger partial charge in [0.15, 0.2) is 0 Å². The molecule has 0 amide bonds. The first-order chi connectivity index (χ1) is 16.2. The average Bonchev–Trinajstić information content (AvgIpc) is 2.78. The Bertz CT molecular complexity index is 1000. The third-order valence-corrected chi connectivity index (χ3v) is 5.90. The molecular weight excluding hydrogens is 464 g/mol. The molecule has 2 unspecified atom stereocenters. The Morgan fingerprint density at radius 2 is 1.85 bits per heavy atom. The van der Waals surface area contributed by atoms with Gasteiger partial charge in [-0.25, -0.2) is 4.79 Å². The van der Waals surface area contributed by atoms with Crippen LogP contribution >= 0.6 is 11.8 Å². The van der Waals surface area contributed by atoms with Crippen LogP contribution in [0.2, 0.25) is 0 Å². The SMILES string of the molecule is CCOC(=O)C1=C(CSCCOC(C)=O)N=C(C)C(C(=O)OCC)C1c1cccc([N+](=O)[O-])c1. The number of ether oxygens (including phenoxy) is 3. The summed E-state index contributed by atoms with van der Waals surface area (Å²) in [6.45, 7) is 6.74. The molecular formula is C23H28N2O8S. The van der Waals surface area contributed by atoms with Gasteiger partial charge in [0.2, 0.25) is 0 Å². The van der Waals surface area contributed by atoms with Crippen LogP contribution in [0.3, 0.4) is 0 Å². The van der Waals surface area contributed by atoms with E-state index in [0.717, 1.165) is 0 Å². The minimum Gasteiger partial charge on any atom is -0.465 e. The molecule has 0 saturated heterocycles. The van der Waals surface area contributed by atoms with E-state index in [-0.39, 0.29) is 42.8 Å². The van der Waals surface area contributed by atoms with Crippen molar-refractivity contribution in [2.45, 2.75) is 33.6 Å². The lowest BCUT2D eigenvalue weighted by Gasteiger charge is -2.32. The number of non-ortho nitro benzene ring substituents is 1. The van der Waals surface area contributed by atoms with Crippen molar-refractivity contribution in [1.82, 2.24) is 0 Å². The third-order valence-electron chi connectivity index (χ3n) is 4.96.